The number of hydrogen-bond donors (Lipinski definition) is 1. The lowest BCUT2D eigenvalue weighted by Crippen LogP contribution is -2.14. The molecule has 0 bridgehead atoms. The van der Waals surface area contributed by atoms with Crippen LogP contribution in [0.15, 0.2) is 18.2 Å². The molecule has 0 aliphatic rings. The maximum absolute atomic E-state index is 13.0. The molecule has 0 aliphatic carbocycles. The summed E-state index contributed by atoms with van der Waals surface area (Å²) in [6.07, 6.45) is 1.07. The van der Waals surface area contributed by atoms with Gasteiger partial charge >= 0.3 is 0 Å². The minimum atomic E-state index is -0.155. The molecule has 0 amide bonds. The molecular formula is C10H13FN. The maximum atomic E-state index is 13.0. The molecule has 1 N–H and O–H groups in total. The highest BCUT2D eigenvalue weighted by atomic mass is 19.1. The third kappa shape index (κ3) is 2.62. The van der Waals surface area contributed by atoms with Gasteiger partial charge in [-0.25, -0.2) is 4.39 Å². The van der Waals surface area contributed by atoms with Crippen molar-refractivity contribution in [2.45, 2.75) is 19.9 Å². The summed E-state index contributed by atoms with van der Waals surface area (Å²) in [4.78, 5) is 0. The lowest BCUT2D eigenvalue weighted by atomic mass is 10.2. The smallest absolute Gasteiger partial charge is 0.127 e. The van der Waals surface area contributed by atoms with Gasteiger partial charge in [0.2, 0.25) is 0 Å². The van der Waals surface area contributed by atoms with Crippen molar-refractivity contribution < 1.29 is 4.39 Å². The Bertz CT molecular complexity index is 235. The van der Waals surface area contributed by atoms with E-state index < -0.39 is 0 Å². The van der Waals surface area contributed by atoms with Crippen LogP contribution in [0.3, 0.4) is 0 Å². The van der Waals surface area contributed by atoms with Gasteiger partial charge in [-0.3, -0.25) is 0 Å². The van der Waals surface area contributed by atoms with E-state index in [1.54, 1.807) is 12.1 Å². The maximum Gasteiger partial charge on any atom is 0.127 e. The average molecular weight is 166 g/mol. The van der Waals surface area contributed by atoms with Gasteiger partial charge in [-0.05, 0) is 31.2 Å². The van der Waals surface area contributed by atoms with Crippen LogP contribution in [0.2, 0.25) is 0 Å². The molecule has 1 aromatic rings. The Kier molecular flexibility index (Phi) is 3.74. The molecule has 1 rings (SSSR count). The molecule has 0 fully saturated rings. The number of halogens is 1. The molecule has 0 aromatic heterocycles. The summed E-state index contributed by atoms with van der Waals surface area (Å²) >= 11 is 0. The van der Waals surface area contributed by atoms with Crippen LogP contribution in [0.1, 0.15) is 18.9 Å². The highest BCUT2D eigenvalue weighted by Gasteiger charge is 1.97. The Morgan fingerprint density at radius 3 is 3.08 bits per heavy atom. The fourth-order valence-electron chi connectivity index (χ4n) is 0.981. The molecule has 0 saturated heterocycles. The minimum absolute atomic E-state index is 0.155. The zero-order chi connectivity index (χ0) is 8.81. The van der Waals surface area contributed by atoms with E-state index in [-0.39, 0.29) is 5.82 Å². The second kappa shape index (κ2) is 4.88. The van der Waals surface area contributed by atoms with Gasteiger partial charge in [-0.1, -0.05) is 13.0 Å². The Morgan fingerprint density at radius 1 is 1.58 bits per heavy atom. The van der Waals surface area contributed by atoms with Crippen LogP contribution < -0.4 is 5.32 Å². The molecule has 0 spiro atoms. The van der Waals surface area contributed by atoms with E-state index in [1.165, 1.54) is 6.07 Å². The Balaban J connectivity index is 2.46. The highest BCUT2D eigenvalue weighted by Crippen LogP contribution is 2.04. The van der Waals surface area contributed by atoms with Gasteiger partial charge in [-0.15, -0.1) is 0 Å². The van der Waals surface area contributed by atoms with Crippen molar-refractivity contribution in [1.82, 2.24) is 5.32 Å². The van der Waals surface area contributed by atoms with Crippen molar-refractivity contribution in [3.8, 4) is 0 Å². The zero-order valence-corrected chi connectivity index (χ0v) is 7.23. The molecule has 0 unspecified atom stereocenters. The van der Waals surface area contributed by atoms with Crippen LogP contribution in [0.4, 0.5) is 4.39 Å². The van der Waals surface area contributed by atoms with Gasteiger partial charge in [-0.2, -0.15) is 0 Å². The van der Waals surface area contributed by atoms with E-state index >= 15 is 0 Å². The lowest BCUT2D eigenvalue weighted by Gasteiger charge is -2.03. The summed E-state index contributed by atoms with van der Waals surface area (Å²) in [5.41, 5.74) is 0.686. The molecule has 0 atom stereocenters. The van der Waals surface area contributed by atoms with Gasteiger partial charge in [0.1, 0.15) is 5.82 Å². The summed E-state index contributed by atoms with van der Waals surface area (Å²) in [5.74, 6) is -0.155. The molecule has 1 nitrogen and oxygen atoms in total. The van der Waals surface area contributed by atoms with E-state index in [4.69, 9.17) is 0 Å². The first-order valence-electron chi connectivity index (χ1n) is 4.19. The molecule has 0 saturated carbocycles. The number of nitrogens with one attached hydrogen (secondary N) is 1. The van der Waals surface area contributed by atoms with Crippen molar-refractivity contribution in [1.29, 1.82) is 0 Å². The minimum Gasteiger partial charge on any atom is -0.313 e. The molecule has 65 valence electrons. The SMILES string of the molecule is CCCNCc1c[c]ccc1F. The Morgan fingerprint density at radius 2 is 2.42 bits per heavy atom. The number of hydrogen-bond acceptors (Lipinski definition) is 1. The zero-order valence-electron chi connectivity index (χ0n) is 7.23. The normalized spacial score (nSPS) is 10.2. The molecule has 0 heterocycles. The number of benzene rings is 1. The van der Waals surface area contributed by atoms with Crippen LogP contribution in [0.5, 0.6) is 0 Å². The third-order valence-corrected chi connectivity index (χ3v) is 1.63. The van der Waals surface area contributed by atoms with Crippen LogP contribution in [-0.4, -0.2) is 6.54 Å². The number of rotatable bonds is 4. The standard InChI is InChI=1S/C10H13FN/c1-2-7-12-8-9-5-3-4-6-10(9)11/h4-6,12H,2,7-8H2,1H3. The molecular weight excluding hydrogens is 153 g/mol. The van der Waals surface area contributed by atoms with Crippen LogP contribution >= 0.6 is 0 Å². The Hall–Kier alpha value is -0.890. The molecule has 1 radical (unpaired) electrons. The van der Waals surface area contributed by atoms with E-state index in [0.717, 1.165) is 13.0 Å². The predicted octanol–water partition coefficient (Wildman–Crippen LogP) is 2.13. The first-order valence-corrected chi connectivity index (χ1v) is 4.19. The third-order valence-electron chi connectivity index (χ3n) is 1.63. The van der Waals surface area contributed by atoms with E-state index in [1.807, 2.05) is 0 Å². The monoisotopic (exact) mass is 166 g/mol. The Labute approximate surface area is 72.6 Å². The topological polar surface area (TPSA) is 12.0 Å². The second-order valence-electron chi connectivity index (χ2n) is 2.69. The van der Waals surface area contributed by atoms with Crippen molar-refractivity contribution in [3.05, 3.63) is 35.6 Å². The molecule has 12 heavy (non-hydrogen) atoms. The van der Waals surface area contributed by atoms with Crippen molar-refractivity contribution >= 4 is 0 Å². The largest absolute Gasteiger partial charge is 0.313 e. The summed E-state index contributed by atoms with van der Waals surface area (Å²) in [7, 11) is 0. The van der Waals surface area contributed by atoms with Crippen LogP contribution in [0, 0.1) is 11.9 Å². The van der Waals surface area contributed by atoms with Gasteiger partial charge in [0.25, 0.3) is 0 Å². The first-order chi connectivity index (χ1) is 5.84. The summed E-state index contributed by atoms with van der Waals surface area (Å²) in [6.45, 7) is 3.60. The van der Waals surface area contributed by atoms with Gasteiger partial charge in [0.15, 0.2) is 0 Å². The summed E-state index contributed by atoms with van der Waals surface area (Å²) in [6, 6.07) is 7.54. The van der Waals surface area contributed by atoms with Crippen molar-refractivity contribution in [3.63, 3.8) is 0 Å². The fourth-order valence-corrected chi connectivity index (χ4v) is 0.981. The molecule has 1 aromatic carbocycles. The molecule has 2 heteroatoms. The van der Waals surface area contributed by atoms with Crippen molar-refractivity contribution in [2.24, 2.45) is 0 Å². The molecule has 0 aliphatic heterocycles. The van der Waals surface area contributed by atoms with E-state index in [0.29, 0.717) is 12.1 Å². The van der Waals surface area contributed by atoms with E-state index in [9.17, 15) is 4.39 Å². The van der Waals surface area contributed by atoms with Crippen LogP contribution in [0.25, 0.3) is 0 Å². The predicted molar refractivity (Wildman–Crippen MR) is 47.2 cm³/mol. The quantitative estimate of drug-likeness (QED) is 0.675. The summed E-state index contributed by atoms with van der Waals surface area (Å²) < 4.78 is 13.0. The van der Waals surface area contributed by atoms with E-state index in [2.05, 4.69) is 18.3 Å². The average Bonchev–Trinajstić information content (AvgIpc) is 2.09. The first kappa shape index (κ1) is 9.20. The second-order valence-corrected chi connectivity index (χ2v) is 2.69. The van der Waals surface area contributed by atoms with Gasteiger partial charge in [0.05, 0.1) is 0 Å². The van der Waals surface area contributed by atoms with Crippen LogP contribution in [-0.2, 0) is 6.54 Å². The van der Waals surface area contributed by atoms with Crippen molar-refractivity contribution in [2.75, 3.05) is 6.54 Å². The van der Waals surface area contributed by atoms with Gasteiger partial charge < -0.3 is 5.32 Å². The highest BCUT2D eigenvalue weighted by molar-refractivity contribution is 5.15. The fraction of sp³-hybridized carbons (Fsp3) is 0.400. The summed E-state index contributed by atoms with van der Waals surface area (Å²) in [5, 5.41) is 3.13. The lowest BCUT2D eigenvalue weighted by molar-refractivity contribution is 0.586. The van der Waals surface area contributed by atoms with Gasteiger partial charge in [0, 0.05) is 12.1 Å².